The summed E-state index contributed by atoms with van der Waals surface area (Å²) >= 11 is 0. The van der Waals surface area contributed by atoms with Gasteiger partial charge in [0.05, 0.1) is 0 Å². The quantitative estimate of drug-likeness (QED) is 0.522. The van der Waals surface area contributed by atoms with E-state index in [4.69, 9.17) is 5.73 Å². The summed E-state index contributed by atoms with van der Waals surface area (Å²) in [6.45, 7) is 2.35. The van der Waals surface area contributed by atoms with E-state index in [1.165, 1.54) is 25.8 Å². The van der Waals surface area contributed by atoms with Crippen molar-refractivity contribution in [3.8, 4) is 0 Å². The molecule has 0 spiro atoms. The van der Waals surface area contributed by atoms with Crippen LogP contribution in [0.15, 0.2) is 0 Å². The van der Waals surface area contributed by atoms with Crippen molar-refractivity contribution in [2.45, 2.75) is 24.8 Å². The van der Waals surface area contributed by atoms with Gasteiger partial charge in [-0.3, -0.25) is 0 Å². The van der Waals surface area contributed by atoms with Gasteiger partial charge in [0.25, 0.3) is 0 Å². The van der Waals surface area contributed by atoms with Crippen molar-refractivity contribution in [3.05, 3.63) is 0 Å². The molecule has 2 aliphatic rings. The van der Waals surface area contributed by atoms with Crippen molar-refractivity contribution < 1.29 is 0 Å². The predicted molar refractivity (Wildman–Crippen MR) is 37.1 cm³/mol. The molecular weight excluding hydrogens is 112 g/mol. The van der Waals surface area contributed by atoms with Gasteiger partial charge in [0.2, 0.25) is 0 Å². The minimum Gasteiger partial charge on any atom is -0.325 e. The van der Waals surface area contributed by atoms with E-state index in [2.05, 4.69) is 5.32 Å². The number of nitrogens with two attached hydrogens (primary N) is 1. The Bertz CT molecular complexity index is 112. The molecule has 1 atom stereocenters. The molecule has 0 aromatic carbocycles. The molecule has 1 saturated carbocycles. The second kappa shape index (κ2) is 1.70. The summed E-state index contributed by atoms with van der Waals surface area (Å²) in [5.41, 5.74) is 6.28. The third-order valence-electron chi connectivity index (χ3n) is 2.70. The molecule has 0 amide bonds. The zero-order valence-electron chi connectivity index (χ0n) is 5.69. The highest BCUT2D eigenvalue weighted by atomic mass is 15.0. The van der Waals surface area contributed by atoms with E-state index in [1.54, 1.807) is 0 Å². The lowest BCUT2D eigenvalue weighted by Gasteiger charge is -2.15. The molecule has 0 aromatic rings. The average molecular weight is 126 g/mol. The summed E-state index contributed by atoms with van der Waals surface area (Å²) in [5, 5.41) is 3.34. The van der Waals surface area contributed by atoms with Gasteiger partial charge in [-0.05, 0) is 38.3 Å². The third kappa shape index (κ3) is 0.864. The molecule has 0 radical (unpaired) electrons. The van der Waals surface area contributed by atoms with Crippen LogP contribution in [0.25, 0.3) is 0 Å². The Labute approximate surface area is 55.8 Å². The Balaban J connectivity index is 1.97. The van der Waals surface area contributed by atoms with Crippen molar-refractivity contribution >= 4 is 0 Å². The molecule has 9 heavy (non-hydrogen) atoms. The van der Waals surface area contributed by atoms with Crippen molar-refractivity contribution in [1.29, 1.82) is 0 Å². The molecule has 2 heteroatoms. The molecule has 3 N–H and O–H groups in total. The van der Waals surface area contributed by atoms with E-state index in [0.717, 1.165) is 12.5 Å². The molecule has 1 heterocycles. The number of nitrogens with one attached hydrogen (secondary N) is 1. The molecule has 1 aliphatic carbocycles. The van der Waals surface area contributed by atoms with Crippen LogP contribution in [-0.4, -0.2) is 18.6 Å². The first-order valence-corrected chi connectivity index (χ1v) is 3.81. The van der Waals surface area contributed by atoms with Gasteiger partial charge in [-0.25, -0.2) is 0 Å². The Morgan fingerprint density at radius 2 is 2.22 bits per heavy atom. The summed E-state index contributed by atoms with van der Waals surface area (Å²) in [6.07, 6.45) is 3.83. The molecule has 52 valence electrons. The summed E-state index contributed by atoms with van der Waals surface area (Å²) < 4.78 is 0. The van der Waals surface area contributed by atoms with E-state index >= 15 is 0 Å². The maximum atomic E-state index is 6.01. The first-order chi connectivity index (χ1) is 4.31. The monoisotopic (exact) mass is 126 g/mol. The van der Waals surface area contributed by atoms with Crippen LogP contribution in [0, 0.1) is 5.92 Å². The zero-order chi connectivity index (χ0) is 6.32. The first kappa shape index (κ1) is 5.69. The van der Waals surface area contributed by atoms with Gasteiger partial charge in [0.15, 0.2) is 0 Å². The summed E-state index contributed by atoms with van der Waals surface area (Å²) in [4.78, 5) is 0. The predicted octanol–water partition coefficient (Wildman–Crippen LogP) is 0.0872. The number of hydrogen-bond donors (Lipinski definition) is 2. The third-order valence-corrected chi connectivity index (χ3v) is 2.70. The van der Waals surface area contributed by atoms with E-state index in [9.17, 15) is 0 Å². The first-order valence-electron chi connectivity index (χ1n) is 3.81. The second-order valence-corrected chi connectivity index (χ2v) is 3.42. The van der Waals surface area contributed by atoms with Crippen LogP contribution in [0.2, 0.25) is 0 Å². The number of rotatable bonds is 1. The van der Waals surface area contributed by atoms with E-state index in [0.29, 0.717) is 0 Å². The van der Waals surface area contributed by atoms with Crippen LogP contribution in [0.1, 0.15) is 19.3 Å². The lowest BCUT2D eigenvalue weighted by atomic mass is 9.98. The summed E-state index contributed by atoms with van der Waals surface area (Å²) in [6, 6.07) is 0. The van der Waals surface area contributed by atoms with Gasteiger partial charge in [-0.15, -0.1) is 0 Å². The van der Waals surface area contributed by atoms with Crippen LogP contribution in [0.3, 0.4) is 0 Å². The van der Waals surface area contributed by atoms with E-state index < -0.39 is 0 Å². The van der Waals surface area contributed by atoms with E-state index in [-0.39, 0.29) is 5.54 Å². The largest absolute Gasteiger partial charge is 0.325 e. The van der Waals surface area contributed by atoms with Crippen molar-refractivity contribution in [1.82, 2.24) is 5.32 Å². The van der Waals surface area contributed by atoms with Gasteiger partial charge in [-0.1, -0.05) is 0 Å². The Hall–Kier alpha value is -0.0800. The molecule has 2 fully saturated rings. The molecule has 1 unspecified atom stereocenters. The summed E-state index contributed by atoms with van der Waals surface area (Å²) in [7, 11) is 0. The molecule has 0 aromatic heterocycles. The molecule has 2 rings (SSSR count). The fourth-order valence-electron chi connectivity index (χ4n) is 1.70. The molecule has 0 bridgehead atoms. The smallest absolute Gasteiger partial charge is 0.0196 e. The highest BCUT2D eigenvalue weighted by Gasteiger charge is 2.46. The van der Waals surface area contributed by atoms with Gasteiger partial charge < -0.3 is 11.1 Å². The van der Waals surface area contributed by atoms with Crippen LogP contribution in [0.5, 0.6) is 0 Å². The molecule has 1 saturated heterocycles. The van der Waals surface area contributed by atoms with Crippen molar-refractivity contribution in [2.75, 3.05) is 13.1 Å². The fraction of sp³-hybridized carbons (Fsp3) is 1.00. The Morgan fingerprint density at radius 1 is 1.44 bits per heavy atom. The Morgan fingerprint density at radius 3 is 2.67 bits per heavy atom. The molecule has 1 aliphatic heterocycles. The lowest BCUT2D eigenvalue weighted by molar-refractivity contribution is 0.439. The van der Waals surface area contributed by atoms with E-state index in [1.807, 2.05) is 0 Å². The number of hydrogen-bond acceptors (Lipinski definition) is 2. The maximum absolute atomic E-state index is 6.01. The summed E-state index contributed by atoms with van der Waals surface area (Å²) in [5.74, 6) is 0.789. The van der Waals surface area contributed by atoms with Crippen LogP contribution in [0.4, 0.5) is 0 Å². The van der Waals surface area contributed by atoms with Gasteiger partial charge in [0, 0.05) is 5.54 Å². The van der Waals surface area contributed by atoms with Gasteiger partial charge in [-0.2, -0.15) is 0 Å². The topological polar surface area (TPSA) is 38.0 Å². The molecule has 2 nitrogen and oxygen atoms in total. The SMILES string of the molecule is NC1(C2CCNC2)CC1. The minimum absolute atomic E-state index is 0.267. The average Bonchev–Trinajstić information content (AvgIpc) is 2.46. The minimum atomic E-state index is 0.267. The van der Waals surface area contributed by atoms with Crippen LogP contribution >= 0.6 is 0 Å². The van der Waals surface area contributed by atoms with Gasteiger partial charge >= 0.3 is 0 Å². The highest BCUT2D eigenvalue weighted by molar-refractivity contribution is 5.05. The zero-order valence-corrected chi connectivity index (χ0v) is 5.69. The van der Waals surface area contributed by atoms with Crippen molar-refractivity contribution in [2.24, 2.45) is 11.7 Å². The maximum Gasteiger partial charge on any atom is 0.0196 e. The highest BCUT2D eigenvalue weighted by Crippen LogP contribution is 2.41. The standard InChI is InChI=1S/C7H14N2/c8-7(2-3-7)6-1-4-9-5-6/h6,9H,1-5,8H2. The van der Waals surface area contributed by atoms with Crippen LogP contribution < -0.4 is 11.1 Å². The Kier molecular flexibility index (Phi) is 1.08. The van der Waals surface area contributed by atoms with Crippen LogP contribution in [-0.2, 0) is 0 Å². The fourth-order valence-corrected chi connectivity index (χ4v) is 1.70. The normalized spacial score (nSPS) is 39.0. The lowest BCUT2D eigenvalue weighted by Crippen LogP contribution is -2.33. The van der Waals surface area contributed by atoms with Crippen molar-refractivity contribution in [3.63, 3.8) is 0 Å². The van der Waals surface area contributed by atoms with Gasteiger partial charge in [0.1, 0.15) is 0 Å². The second-order valence-electron chi connectivity index (χ2n) is 3.42. The molecular formula is C7H14N2.